The summed E-state index contributed by atoms with van der Waals surface area (Å²) in [6.45, 7) is 5.54. The van der Waals surface area contributed by atoms with Crippen LogP contribution in [0.15, 0.2) is 24.3 Å². The molecule has 1 aromatic rings. The number of nitrogens with one attached hydrogen (secondary N) is 1. The molecule has 128 valence electrons. The normalized spacial score (nSPS) is 11.2. The molecule has 0 aliphatic rings. The molecule has 5 nitrogen and oxygen atoms in total. The van der Waals surface area contributed by atoms with Gasteiger partial charge in [0.05, 0.1) is 0 Å². The fraction of sp³-hybridized carbons (Fsp3) is 0.529. The standard InChI is InChI=1S/C17H26FN3O2/c1-17(2,11-19)12-21(3)15(22)5-4-10-20-16(23)13-6-8-14(18)9-7-13/h6-9H,4-5,10-12,19H2,1-3H3,(H,20,23). The van der Waals surface area contributed by atoms with Gasteiger partial charge in [-0.25, -0.2) is 4.39 Å². The Morgan fingerprint density at radius 3 is 2.43 bits per heavy atom. The Bertz CT molecular complexity index is 529. The summed E-state index contributed by atoms with van der Waals surface area (Å²) in [7, 11) is 1.76. The SMILES string of the molecule is CN(CC(C)(C)CN)C(=O)CCCNC(=O)c1ccc(F)cc1. The highest BCUT2D eigenvalue weighted by molar-refractivity contribution is 5.94. The molecule has 2 amide bonds. The molecule has 0 unspecified atom stereocenters. The molecule has 0 saturated carbocycles. The second kappa shape index (κ2) is 8.62. The number of rotatable bonds is 8. The molecule has 23 heavy (non-hydrogen) atoms. The van der Waals surface area contributed by atoms with Gasteiger partial charge in [0.15, 0.2) is 0 Å². The molecule has 0 spiro atoms. The maximum Gasteiger partial charge on any atom is 0.251 e. The van der Waals surface area contributed by atoms with Gasteiger partial charge in [-0.3, -0.25) is 9.59 Å². The van der Waals surface area contributed by atoms with Crippen LogP contribution in [0.25, 0.3) is 0 Å². The van der Waals surface area contributed by atoms with E-state index >= 15 is 0 Å². The van der Waals surface area contributed by atoms with Crippen molar-refractivity contribution in [2.45, 2.75) is 26.7 Å². The van der Waals surface area contributed by atoms with E-state index in [4.69, 9.17) is 5.73 Å². The van der Waals surface area contributed by atoms with E-state index in [2.05, 4.69) is 5.32 Å². The lowest BCUT2D eigenvalue weighted by Crippen LogP contribution is -2.39. The second-order valence-electron chi connectivity index (χ2n) is 6.48. The summed E-state index contributed by atoms with van der Waals surface area (Å²) in [5.41, 5.74) is 5.96. The Kier molecular flexibility index (Phi) is 7.16. The number of hydrogen-bond acceptors (Lipinski definition) is 3. The highest BCUT2D eigenvalue weighted by atomic mass is 19.1. The van der Waals surface area contributed by atoms with Crippen LogP contribution in [0.3, 0.4) is 0 Å². The van der Waals surface area contributed by atoms with Crippen molar-refractivity contribution in [3.05, 3.63) is 35.6 Å². The predicted molar refractivity (Wildman–Crippen MR) is 88.4 cm³/mol. The Morgan fingerprint density at radius 1 is 1.26 bits per heavy atom. The van der Waals surface area contributed by atoms with Gasteiger partial charge in [0.25, 0.3) is 5.91 Å². The Labute approximate surface area is 137 Å². The van der Waals surface area contributed by atoms with Crippen molar-refractivity contribution < 1.29 is 14.0 Å². The predicted octanol–water partition coefficient (Wildman–Crippen LogP) is 1.78. The van der Waals surface area contributed by atoms with Crippen LogP contribution >= 0.6 is 0 Å². The number of benzene rings is 1. The summed E-state index contributed by atoms with van der Waals surface area (Å²) in [6, 6.07) is 5.34. The Morgan fingerprint density at radius 2 is 1.87 bits per heavy atom. The topological polar surface area (TPSA) is 75.4 Å². The molecule has 6 heteroatoms. The lowest BCUT2D eigenvalue weighted by molar-refractivity contribution is -0.131. The van der Waals surface area contributed by atoms with E-state index in [0.29, 0.717) is 38.0 Å². The molecule has 0 aliphatic heterocycles. The van der Waals surface area contributed by atoms with E-state index in [-0.39, 0.29) is 23.0 Å². The first-order valence-electron chi connectivity index (χ1n) is 7.73. The molecule has 0 saturated heterocycles. The zero-order valence-electron chi connectivity index (χ0n) is 14.1. The number of carbonyl (C=O) groups excluding carboxylic acids is 2. The maximum absolute atomic E-state index is 12.8. The molecule has 0 radical (unpaired) electrons. The van der Waals surface area contributed by atoms with Gasteiger partial charge in [0.2, 0.25) is 5.91 Å². The molecule has 0 bridgehead atoms. The molecule has 1 aromatic carbocycles. The van der Waals surface area contributed by atoms with Crippen molar-refractivity contribution >= 4 is 11.8 Å². The van der Waals surface area contributed by atoms with Gasteiger partial charge in [0, 0.05) is 32.1 Å². The molecule has 0 heterocycles. The third-order valence-corrected chi connectivity index (χ3v) is 3.60. The number of hydrogen-bond donors (Lipinski definition) is 2. The minimum Gasteiger partial charge on any atom is -0.352 e. The fourth-order valence-electron chi connectivity index (χ4n) is 2.13. The van der Waals surface area contributed by atoms with Crippen molar-refractivity contribution in [1.29, 1.82) is 0 Å². The van der Waals surface area contributed by atoms with Crippen molar-refractivity contribution in [3.63, 3.8) is 0 Å². The minimum atomic E-state index is -0.379. The maximum atomic E-state index is 12.8. The van der Waals surface area contributed by atoms with Crippen LogP contribution in [0, 0.1) is 11.2 Å². The van der Waals surface area contributed by atoms with Gasteiger partial charge in [-0.05, 0) is 42.6 Å². The number of amides is 2. The van der Waals surface area contributed by atoms with Gasteiger partial charge in [-0.15, -0.1) is 0 Å². The number of carbonyl (C=O) groups is 2. The number of nitrogens with zero attached hydrogens (tertiary/aromatic N) is 1. The van der Waals surface area contributed by atoms with Crippen LogP contribution in [0.2, 0.25) is 0 Å². The highest BCUT2D eigenvalue weighted by Crippen LogP contribution is 2.14. The minimum absolute atomic E-state index is 0.0301. The average molecular weight is 323 g/mol. The molecule has 0 fully saturated rings. The summed E-state index contributed by atoms with van der Waals surface area (Å²) >= 11 is 0. The third-order valence-electron chi connectivity index (χ3n) is 3.60. The summed E-state index contributed by atoms with van der Waals surface area (Å²) in [5.74, 6) is -0.617. The summed E-state index contributed by atoms with van der Waals surface area (Å²) in [4.78, 5) is 25.5. The zero-order valence-corrected chi connectivity index (χ0v) is 14.1. The molecule has 0 aliphatic carbocycles. The smallest absolute Gasteiger partial charge is 0.251 e. The van der Waals surface area contributed by atoms with Gasteiger partial charge < -0.3 is 16.0 Å². The highest BCUT2D eigenvalue weighted by Gasteiger charge is 2.20. The Hall–Kier alpha value is -1.95. The second-order valence-corrected chi connectivity index (χ2v) is 6.48. The van der Waals surface area contributed by atoms with Crippen LogP contribution in [0.4, 0.5) is 4.39 Å². The van der Waals surface area contributed by atoms with E-state index in [0.717, 1.165) is 0 Å². The summed E-state index contributed by atoms with van der Waals surface area (Å²) in [6.07, 6.45) is 0.917. The van der Waals surface area contributed by atoms with Crippen molar-refractivity contribution in [2.24, 2.45) is 11.1 Å². The molecular formula is C17H26FN3O2. The lowest BCUT2D eigenvalue weighted by Gasteiger charge is -2.29. The molecule has 1 rings (SSSR count). The lowest BCUT2D eigenvalue weighted by atomic mass is 9.93. The molecule has 0 aromatic heterocycles. The first kappa shape index (κ1) is 19.1. The molecule has 0 atom stereocenters. The van der Waals surface area contributed by atoms with E-state index in [1.54, 1.807) is 11.9 Å². The Balaban J connectivity index is 2.30. The summed E-state index contributed by atoms with van der Waals surface area (Å²) in [5, 5.41) is 2.72. The molecule has 3 N–H and O–H groups in total. The zero-order chi connectivity index (χ0) is 17.5. The quantitative estimate of drug-likeness (QED) is 0.716. The van der Waals surface area contributed by atoms with E-state index in [1.165, 1.54) is 24.3 Å². The van der Waals surface area contributed by atoms with E-state index in [1.807, 2.05) is 13.8 Å². The number of nitrogens with two attached hydrogens (primary N) is 1. The van der Waals surface area contributed by atoms with Gasteiger partial charge in [0.1, 0.15) is 5.82 Å². The van der Waals surface area contributed by atoms with Crippen molar-refractivity contribution in [1.82, 2.24) is 10.2 Å². The first-order valence-corrected chi connectivity index (χ1v) is 7.73. The van der Waals surface area contributed by atoms with Gasteiger partial charge in [-0.1, -0.05) is 13.8 Å². The van der Waals surface area contributed by atoms with Crippen molar-refractivity contribution in [3.8, 4) is 0 Å². The van der Waals surface area contributed by atoms with Crippen LogP contribution in [-0.2, 0) is 4.79 Å². The van der Waals surface area contributed by atoms with Gasteiger partial charge in [-0.2, -0.15) is 0 Å². The fourth-order valence-corrected chi connectivity index (χ4v) is 2.13. The number of halogens is 1. The third kappa shape index (κ3) is 6.78. The van der Waals surface area contributed by atoms with Crippen molar-refractivity contribution in [2.75, 3.05) is 26.7 Å². The summed E-state index contributed by atoms with van der Waals surface area (Å²) < 4.78 is 12.8. The molecular weight excluding hydrogens is 297 g/mol. The van der Waals surface area contributed by atoms with E-state index in [9.17, 15) is 14.0 Å². The van der Waals surface area contributed by atoms with Crippen LogP contribution < -0.4 is 11.1 Å². The average Bonchev–Trinajstić information content (AvgIpc) is 2.51. The van der Waals surface area contributed by atoms with Crippen LogP contribution in [0.5, 0.6) is 0 Å². The van der Waals surface area contributed by atoms with Crippen LogP contribution in [-0.4, -0.2) is 43.4 Å². The van der Waals surface area contributed by atoms with Gasteiger partial charge >= 0.3 is 0 Å². The monoisotopic (exact) mass is 323 g/mol. The largest absolute Gasteiger partial charge is 0.352 e. The van der Waals surface area contributed by atoms with Crippen LogP contribution in [0.1, 0.15) is 37.0 Å². The van der Waals surface area contributed by atoms with E-state index < -0.39 is 0 Å². The first-order chi connectivity index (χ1) is 10.7.